The van der Waals surface area contributed by atoms with Crippen LogP contribution in [0.25, 0.3) is 11.4 Å². The van der Waals surface area contributed by atoms with Crippen LogP contribution in [0.15, 0.2) is 29.4 Å². The number of hydrogen-bond acceptors (Lipinski definition) is 6. The Balaban J connectivity index is 2.03. The van der Waals surface area contributed by atoms with E-state index in [0.29, 0.717) is 17.5 Å². The molecular formula is C17H22N6OS. The largest absolute Gasteiger partial charge is 0.354 e. The van der Waals surface area contributed by atoms with Crippen molar-refractivity contribution >= 4 is 17.7 Å². The molecule has 3 N–H and O–H groups in total. The Morgan fingerprint density at radius 1 is 1.32 bits per heavy atom. The van der Waals surface area contributed by atoms with E-state index < -0.39 is 0 Å². The quantitative estimate of drug-likeness (QED) is 0.465. The predicted octanol–water partition coefficient (Wildman–Crippen LogP) is 2.08. The summed E-state index contributed by atoms with van der Waals surface area (Å²) in [7, 11) is 0. The van der Waals surface area contributed by atoms with Gasteiger partial charge in [0.2, 0.25) is 11.1 Å². The molecule has 1 aromatic heterocycles. The molecular weight excluding hydrogens is 336 g/mol. The second kappa shape index (κ2) is 8.03. The van der Waals surface area contributed by atoms with E-state index in [1.165, 1.54) is 22.0 Å². The Morgan fingerprint density at radius 3 is 2.60 bits per heavy atom. The molecule has 0 bridgehead atoms. The molecule has 8 heteroatoms. The predicted molar refractivity (Wildman–Crippen MR) is 98.3 cm³/mol. The molecule has 0 atom stereocenters. The van der Waals surface area contributed by atoms with Gasteiger partial charge in [0.15, 0.2) is 5.82 Å². The van der Waals surface area contributed by atoms with Crippen molar-refractivity contribution in [2.24, 2.45) is 0 Å². The van der Waals surface area contributed by atoms with E-state index in [9.17, 15) is 4.79 Å². The number of thioether (sulfide) groups is 1. The molecule has 0 saturated heterocycles. The highest BCUT2D eigenvalue weighted by atomic mass is 32.2. The zero-order chi connectivity index (χ0) is 18.4. The highest BCUT2D eigenvalue weighted by Gasteiger charge is 2.16. The summed E-state index contributed by atoms with van der Waals surface area (Å²) in [5.41, 5.74) is 2.17. The number of nitriles is 1. The van der Waals surface area contributed by atoms with Crippen LogP contribution in [0.4, 0.5) is 0 Å². The normalized spacial score (nSPS) is 11.1. The van der Waals surface area contributed by atoms with Gasteiger partial charge in [0, 0.05) is 12.1 Å². The average molecular weight is 358 g/mol. The van der Waals surface area contributed by atoms with Gasteiger partial charge in [-0.1, -0.05) is 56.8 Å². The Morgan fingerprint density at radius 2 is 2.00 bits per heavy atom. The summed E-state index contributed by atoms with van der Waals surface area (Å²) in [4.78, 5) is 11.7. The van der Waals surface area contributed by atoms with Crippen molar-refractivity contribution in [3.05, 3.63) is 29.8 Å². The van der Waals surface area contributed by atoms with Crippen molar-refractivity contribution in [2.45, 2.75) is 37.8 Å². The summed E-state index contributed by atoms with van der Waals surface area (Å²) < 4.78 is 1.39. The number of carbonyl (C=O) groups excluding carboxylic acids is 1. The third-order valence-corrected chi connectivity index (χ3v) is 4.51. The molecule has 2 aromatic rings. The topological polar surface area (TPSA) is 110 Å². The fourth-order valence-corrected chi connectivity index (χ4v) is 2.82. The van der Waals surface area contributed by atoms with Gasteiger partial charge >= 0.3 is 0 Å². The van der Waals surface area contributed by atoms with Gasteiger partial charge in [-0.05, 0) is 11.0 Å². The SMILES string of the molecule is CC(C)(C)c1ccc(-c2nnc(SCC(=O)NCCC#N)n2N)cc1. The first-order valence-electron chi connectivity index (χ1n) is 7.91. The minimum Gasteiger partial charge on any atom is -0.354 e. The highest BCUT2D eigenvalue weighted by Crippen LogP contribution is 2.26. The number of nitrogens with zero attached hydrogens (tertiary/aromatic N) is 4. The van der Waals surface area contributed by atoms with Gasteiger partial charge in [-0.3, -0.25) is 4.79 Å². The minimum atomic E-state index is -0.167. The molecule has 0 unspecified atom stereocenters. The molecule has 0 spiro atoms. The van der Waals surface area contributed by atoms with E-state index in [0.717, 1.165) is 5.56 Å². The van der Waals surface area contributed by atoms with E-state index in [4.69, 9.17) is 11.1 Å². The van der Waals surface area contributed by atoms with Gasteiger partial charge in [-0.25, -0.2) is 4.68 Å². The summed E-state index contributed by atoms with van der Waals surface area (Å²) in [6.45, 7) is 6.81. The monoisotopic (exact) mass is 358 g/mol. The van der Waals surface area contributed by atoms with Crippen molar-refractivity contribution in [1.82, 2.24) is 20.2 Å². The molecule has 25 heavy (non-hydrogen) atoms. The molecule has 1 amide bonds. The van der Waals surface area contributed by atoms with Gasteiger partial charge in [-0.2, -0.15) is 5.26 Å². The summed E-state index contributed by atoms with van der Waals surface area (Å²) >= 11 is 1.21. The summed E-state index contributed by atoms with van der Waals surface area (Å²) in [6.07, 6.45) is 0.290. The minimum absolute atomic E-state index is 0.0782. The summed E-state index contributed by atoms with van der Waals surface area (Å²) in [5, 5.41) is 19.7. The van der Waals surface area contributed by atoms with Gasteiger partial charge in [-0.15, -0.1) is 10.2 Å². The molecule has 7 nitrogen and oxygen atoms in total. The molecule has 0 radical (unpaired) electrons. The number of benzene rings is 1. The lowest BCUT2D eigenvalue weighted by atomic mass is 9.87. The van der Waals surface area contributed by atoms with Crippen molar-refractivity contribution in [3.63, 3.8) is 0 Å². The fourth-order valence-electron chi connectivity index (χ4n) is 2.13. The van der Waals surface area contributed by atoms with Crippen LogP contribution in [0.5, 0.6) is 0 Å². The first kappa shape index (κ1) is 18.8. The van der Waals surface area contributed by atoms with Crippen molar-refractivity contribution in [1.29, 1.82) is 5.26 Å². The molecule has 0 aliphatic heterocycles. The number of nitrogens with one attached hydrogen (secondary N) is 1. The summed E-state index contributed by atoms with van der Waals surface area (Å²) in [5.74, 6) is 6.62. The fraction of sp³-hybridized carbons (Fsp3) is 0.412. The van der Waals surface area contributed by atoms with Gasteiger partial charge in [0.05, 0.1) is 18.2 Å². The lowest BCUT2D eigenvalue weighted by molar-refractivity contribution is -0.118. The standard InChI is InChI=1S/C17H22N6OS/c1-17(2,3)13-7-5-12(6-8-13)15-21-22-16(23(15)19)25-11-14(24)20-10-4-9-18/h5-8H,4,10-11,19H2,1-3H3,(H,20,24). The molecule has 0 saturated carbocycles. The van der Waals surface area contributed by atoms with Crippen molar-refractivity contribution < 1.29 is 4.79 Å². The van der Waals surface area contributed by atoms with E-state index in [2.05, 4.69) is 48.4 Å². The number of aromatic nitrogens is 3. The van der Waals surface area contributed by atoms with Gasteiger partial charge < -0.3 is 11.2 Å². The smallest absolute Gasteiger partial charge is 0.230 e. The average Bonchev–Trinajstić information content (AvgIpc) is 2.93. The Labute approximate surface area is 151 Å². The van der Waals surface area contributed by atoms with Crippen LogP contribution in [0, 0.1) is 11.3 Å². The van der Waals surface area contributed by atoms with E-state index >= 15 is 0 Å². The van der Waals surface area contributed by atoms with E-state index in [-0.39, 0.29) is 23.5 Å². The van der Waals surface area contributed by atoms with Crippen LogP contribution in [-0.4, -0.2) is 33.1 Å². The van der Waals surface area contributed by atoms with Crippen LogP contribution in [0.1, 0.15) is 32.8 Å². The number of hydrogen-bond donors (Lipinski definition) is 2. The second-order valence-corrected chi connectivity index (χ2v) is 7.49. The van der Waals surface area contributed by atoms with Crippen LogP contribution >= 0.6 is 11.8 Å². The summed E-state index contributed by atoms with van der Waals surface area (Å²) in [6, 6.07) is 10.0. The number of carbonyl (C=O) groups is 1. The maximum atomic E-state index is 11.7. The number of nitrogens with two attached hydrogens (primary N) is 1. The number of amides is 1. The zero-order valence-electron chi connectivity index (χ0n) is 14.6. The molecule has 132 valence electrons. The maximum absolute atomic E-state index is 11.7. The van der Waals surface area contributed by atoms with Crippen LogP contribution < -0.4 is 11.2 Å². The Kier molecular flexibility index (Phi) is 6.04. The number of nitrogen functional groups attached to an aromatic ring is 1. The number of rotatable bonds is 6. The molecule has 0 aliphatic rings. The first-order valence-corrected chi connectivity index (χ1v) is 8.89. The van der Waals surface area contributed by atoms with Crippen LogP contribution in [-0.2, 0) is 10.2 Å². The zero-order valence-corrected chi connectivity index (χ0v) is 15.4. The second-order valence-electron chi connectivity index (χ2n) is 6.55. The van der Waals surface area contributed by atoms with Crippen molar-refractivity contribution in [3.8, 4) is 17.5 Å². The van der Waals surface area contributed by atoms with Gasteiger partial charge in [0.1, 0.15) is 0 Å². The molecule has 0 fully saturated rings. The molecule has 1 heterocycles. The molecule has 1 aromatic carbocycles. The van der Waals surface area contributed by atoms with Crippen LogP contribution in [0.2, 0.25) is 0 Å². The van der Waals surface area contributed by atoms with Gasteiger partial charge in [0.25, 0.3) is 0 Å². The third-order valence-electron chi connectivity index (χ3n) is 3.56. The highest BCUT2D eigenvalue weighted by molar-refractivity contribution is 7.99. The van der Waals surface area contributed by atoms with Crippen LogP contribution in [0.3, 0.4) is 0 Å². The first-order chi connectivity index (χ1) is 11.8. The van der Waals surface area contributed by atoms with E-state index in [1.807, 2.05) is 18.2 Å². The Hall–Kier alpha value is -2.53. The molecule has 0 aliphatic carbocycles. The lowest BCUT2D eigenvalue weighted by Gasteiger charge is -2.19. The lowest BCUT2D eigenvalue weighted by Crippen LogP contribution is -2.26. The van der Waals surface area contributed by atoms with Crippen molar-refractivity contribution in [2.75, 3.05) is 18.1 Å². The third kappa shape index (κ3) is 4.97. The Bertz CT molecular complexity index is 770. The van der Waals surface area contributed by atoms with E-state index in [1.54, 1.807) is 0 Å². The molecule has 2 rings (SSSR count). The maximum Gasteiger partial charge on any atom is 0.230 e.